The molecule has 1 aliphatic carbocycles. The minimum absolute atomic E-state index is 0.0276. The molecule has 1 aliphatic heterocycles. The summed E-state index contributed by atoms with van der Waals surface area (Å²) in [5.41, 5.74) is 2.46. The standard InChI is InChI=1S/C23H26N2O5/c1-12-15(11-24)20(21-16(25-12)9-23(2,3)10-17(21)26)13-7-14(22(27)30-6)19(29-5)8-18(13)28-4/h7-8,15,20H,9-10H2,1-6H3/t15?,20-/m1/s1. The highest BCUT2D eigenvalue weighted by Crippen LogP contribution is 2.50. The number of esters is 1. The first-order valence-corrected chi connectivity index (χ1v) is 9.72. The number of ether oxygens (including phenoxy) is 3. The fourth-order valence-corrected chi connectivity index (χ4v) is 4.38. The highest BCUT2D eigenvalue weighted by molar-refractivity contribution is 6.04. The third kappa shape index (κ3) is 3.58. The van der Waals surface area contributed by atoms with E-state index >= 15 is 0 Å². The summed E-state index contributed by atoms with van der Waals surface area (Å²) in [6.07, 6.45) is 1.01. The van der Waals surface area contributed by atoms with E-state index < -0.39 is 17.8 Å². The average molecular weight is 410 g/mol. The quantitative estimate of drug-likeness (QED) is 0.700. The average Bonchev–Trinajstić information content (AvgIpc) is 2.70. The number of carbonyl (C=O) groups excluding carboxylic acids is 2. The van der Waals surface area contributed by atoms with Crippen molar-refractivity contribution < 1.29 is 23.8 Å². The summed E-state index contributed by atoms with van der Waals surface area (Å²) in [5.74, 6) is -1.11. The molecule has 0 bridgehead atoms. The number of aliphatic imine (C=N–C) groups is 1. The van der Waals surface area contributed by atoms with Gasteiger partial charge in [0.25, 0.3) is 0 Å². The summed E-state index contributed by atoms with van der Waals surface area (Å²) in [6, 6.07) is 5.50. The monoisotopic (exact) mass is 410 g/mol. The van der Waals surface area contributed by atoms with Gasteiger partial charge in [-0.05, 0) is 24.8 Å². The van der Waals surface area contributed by atoms with Gasteiger partial charge < -0.3 is 14.2 Å². The first-order chi connectivity index (χ1) is 14.2. The Morgan fingerprint density at radius 1 is 1.17 bits per heavy atom. The Morgan fingerprint density at radius 2 is 1.83 bits per heavy atom. The van der Waals surface area contributed by atoms with Crippen LogP contribution in [0.15, 0.2) is 28.4 Å². The maximum absolute atomic E-state index is 13.2. The molecule has 0 fully saturated rings. The molecule has 1 unspecified atom stereocenters. The molecule has 3 rings (SSSR count). The normalized spacial score (nSPS) is 22.6. The number of carbonyl (C=O) groups is 2. The lowest BCUT2D eigenvalue weighted by Crippen LogP contribution is -2.35. The molecule has 7 nitrogen and oxygen atoms in total. The zero-order chi connectivity index (χ0) is 22.2. The third-order valence-electron chi connectivity index (χ3n) is 5.73. The van der Waals surface area contributed by atoms with Gasteiger partial charge in [-0.2, -0.15) is 5.26 Å². The second-order valence-corrected chi connectivity index (χ2v) is 8.42. The van der Waals surface area contributed by atoms with E-state index in [1.54, 1.807) is 19.1 Å². The van der Waals surface area contributed by atoms with Crippen LogP contribution in [0.3, 0.4) is 0 Å². The summed E-state index contributed by atoms with van der Waals surface area (Å²) in [6.45, 7) is 5.87. The van der Waals surface area contributed by atoms with Crippen LogP contribution in [-0.2, 0) is 9.53 Å². The number of ketones is 1. The highest BCUT2D eigenvalue weighted by atomic mass is 16.5. The first kappa shape index (κ1) is 21.6. The van der Waals surface area contributed by atoms with E-state index in [1.807, 2.05) is 13.8 Å². The zero-order valence-corrected chi connectivity index (χ0v) is 18.2. The van der Waals surface area contributed by atoms with Crippen LogP contribution in [-0.4, -0.2) is 38.8 Å². The van der Waals surface area contributed by atoms with Gasteiger partial charge in [-0.1, -0.05) is 13.8 Å². The molecule has 30 heavy (non-hydrogen) atoms. The van der Waals surface area contributed by atoms with E-state index in [4.69, 9.17) is 14.2 Å². The van der Waals surface area contributed by atoms with Gasteiger partial charge in [-0.25, -0.2) is 4.79 Å². The summed E-state index contributed by atoms with van der Waals surface area (Å²) in [4.78, 5) is 30.2. The van der Waals surface area contributed by atoms with E-state index in [2.05, 4.69) is 11.1 Å². The van der Waals surface area contributed by atoms with Crippen LogP contribution in [0.5, 0.6) is 11.5 Å². The minimum atomic E-state index is -0.651. The molecule has 1 heterocycles. The topological polar surface area (TPSA) is 98.0 Å². The molecule has 0 aromatic heterocycles. The fourth-order valence-electron chi connectivity index (χ4n) is 4.38. The lowest BCUT2D eigenvalue weighted by Gasteiger charge is -2.38. The molecule has 1 aromatic rings. The van der Waals surface area contributed by atoms with Gasteiger partial charge in [-0.3, -0.25) is 9.79 Å². The summed E-state index contributed by atoms with van der Waals surface area (Å²) in [7, 11) is 4.24. The van der Waals surface area contributed by atoms with Gasteiger partial charge in [0, 0.05) is 41.0 Å². The second-order valence-electron chi connectivity index (χ2n) is 8.42. The van der Waals surface area contributed by atoms with Gasteiger partial charge >= 0.3 is 5.97 Å². The third-order valence-corrected chi connectivity index (χ3v) is 5.73. The molecule has 0 saturated heterocycles. The molecule has 0 radical (unpaired) electrons. The van der Waals surface area contributed by atoms with Crippen molar-refractivity contribution in [2.75, 3.05) is 21.3 Å². The van der Waals surface area contributed by atoms with Gasteiger partial charge in [0.05, 0.1) is 33.3 Å². The summed E-state index contributed by atoms with van der Waals surface area (Å²) in [5, 5.41) is 9.94. The highest BCUT2D eigenvalue weighted by Gasteiger charge is 2.44. The predicted molar refractivity (Wildman–Crippen MR) is 111 cm³/mol. The minimum Gasteiger partial charge on any atom is -0.496 e. The van der Waals surface area contributed by atoms with Crippen LogP contribution < -0.4 is 9.47 Å². The molecule has 1 aromatic carbocycles. The van der Waals surface area contributed by atoms with Gasteiger partial charge in [0.2, 0.25) is 0 Å². The van der Waals surface area contributed by atoms with Crippen molar-refractivity contribution >= 4 is 17.5 Å². The van der Waals surface area contributed by atoms with Crippen LogP contribution in [0, 0.1) is 22.7 Å². The first-order valence-electron chi connectivity index (χ1n) is 9.72. The number of nitrogens with zero attached hydrogens (tertiary/aromatic N) is 2. The number of methoxy groups -OCH3 is 3. The Bertz CT molecular complexity index is 1010. The van der Waals surface area contributed by atoms with Crippen LogP contribution >= 0.6 is 0 Å². The lowest BCUT2D eigenvalue weighted by molar-refractivity contribution is -0.118. The second kappa shape index (κ2) is 7.94. The van der Waals surface area contributed by atoms with E-state index in [0.717, 1.165) is 0 Å². The van der Waals surface area contributed by atoms with Gasteiger partial charge in [0.15, 0.2) is 5.78 Å². The number of hydrogen-bond donors (Lipinski definition) is 0. The number of allylic oxidation sites excluding steroid dienone is 2. The van der Waals surface area contributed by atoms with Crippen molar-refractivity contribution in [1.29, 1.82) is 5.26 Å². The largest absolute Gasteiger partial charge is 0.496 e. The van der Waals surface area contributed by atoms with Crippen LogP contribution in [0.25, 0.3) is 0 Å². The molecule has 2 aliphatic rings. The molecule has 158 valence electrons. The molecule has 0 spiro atoms. The smallest absolute Gasteiger partial charge is 0.341 e. The van der Waals surface area contributed by atoms with Crippen molar-refractivity contribution in [2.24, 2.45) is 16.3 Å². The molecular formula is C23H26N2O5. The van der Waals surface area contributed by atoms with Gasteiger partial charge in [0.1, 0.15) is 17.1 Å². The molecule has 7 heteroatoms. The molecule has 0 N–H and O–H groups in total. The van der Waals surface area contributed by atoms with E-state index in [1.165, 1.54) is 21.3 Å². The predicted octanol–water partition coefficient (Wildman–Crippen LogP) is 3.83. The lowest BCUT2D eigenvalue weighted by atomic mass is 9.67. The van der Waals surface area contributed by atoms with Crippen molar-refractivity contribution in [1.82, 2.24) is 0 Å². The SMILES string of the molecule is COC(=O)c1cc([C@H]2C3=C(CC(C)(C)CC3=O)N=C(C)C2C#N)c(OC)cc1OC. The number of Topliss-reactive ketones (excluding diaryl/α,β-unsaturated/α-hetero) is 1. The zero-order valence-electron chi connectivity index (χ0n) is 18.2. The summed E-state index contributed by atoms with van der Waals surface area (Å²) >= 11 is 0. The van der Waals surface area contributed by atoms with E-state index in [0.29, 0.717) is 46.9 Å². The number of rotatable bonds is 4. The Hall–Kier alpha value is -3.14. The van der Waals surface area contributed by atoms with Gasteiger partial charge in [-0.15, -0.1) is 0 Å². The van der Waals surface area contributed by atoms with Crippen LogP contribution in [0.2, 0.25) is 0 Å². The Labute approximate surface area is 176 Å². The number of benzene rings is 1. The van der Waals surface area contributed by atoms with Crippen molar-refractivity contribution in [2.45, 2.75) is 39.5 Å². The Morgan fingerprint density at radius 3 is 2.40 bits per heavy atom. The van der Waals surface area contributed by atoms with Crippen molar-refractivity contribution in [3.8, 4) is 17.6 Å². The maximum atomic E-state index is 13.2. The molecule has 0 saturated carbocycles. The summed E-state index contributed by atoms with van der Waals surface area (Å²) < 4.78 is 15.8. The Kier molecular flexibility index (Phi) is 5.71. The molecule has 0 amide bonds. The molecular weight excluding hydrogens is 384 g/mol. The number of nitriles is 1. The van der Waals surface area contributed by atoms with Crippen LogP contribution in [0.1, 0.15) is 55.5 Å². The maximum Gasteiger partial charge on any atom is 0.341 e. The molecule has 2 atom stereocenters. The van der Waals surface area contributed by atoms with E-state index in [9.17, 15) is 14.9 Å². The van der Waals surface area contributed by atoms with Crippen molar-refractivity contribution in [3.63, 3.8) is 0 Å². The number of hydrogen-bond acceptors (Lipinski definition) is 7. The fraction of sp³-hybridized carbons (Fsp3) is 0.478. The van der Waals surface area contributed by atoms with Crippen LogP contribution in [0.4, 0.5) is 0 Å². The van der Waals surface area contributed by atoms with Crippen molar-refractivity contribution in [3.05, 3.63) is 34.5 Å². The Balaban J connectivity index is 2.30. The van der Waals surface area contributed by atoms with E-state index in [-0.39, 0.29) is 16.8 Å².